The SMILES string of the molecule is Cc1cnccc1N1C[C@H](C)[C@@H](O)[C@H](NC(=O)OC(C)(C)C)C1. The quantitative estimate of drug-likeness (QED) is 0.872. The summed E-state index contributed by atoms with van der Waals surface area (Å²) in [6, 6.07) is 1.59. The van der Waals surface area contributed by atoms with Crippen molar-refractivity contribution in [1.29, 1.82) is 0 Å². The van der Waals surface area contributed by atoms with Crippen molar-refractivity contribution in [2.75, 3.05) is 18.0 Å². The van der Waals surface area contributed by atoms with Gasteiger partial charge in [-0.2, -0.15) is 0 Å². The highest BCUT2D eigenvalue weighted by molar-refractivity contribution is 5.68. The number of aromatic nitrogens is 1. The predicted molar refractivity (Wildman–Crippen MR) is 89.5 cm³/mol. The molecule has 1 aliphatic heterocycles. The number of anilines is 1. The number of hydrogen-bond acceptors (Lipinski definition) is 5. The van der Waals surface area contributed by atoms with Gasteiger partial charge >= 0.3 is 6.09 Å². The third-order valence-electron chi connectivity index (χ3n) is 3.95. The van der Waals surface area contributed by atoms with Gasteiger partial charge in [0.25, 0.3) is 0 Å². The first-order valence-corrected chi connectivity index (χ1v) is 8.00. The van der Waals surface area contributed by atoms with E-state index in [2.05, 4.69) is 15.2 Å². The maximum atomic E-state index is 12.0. The predicted octanol–water partition coefficient (Wildman–Crippen LogP) is 2.10. The highest BCUT2D eigenvalue weighted by Gasteiger charge is 2.35. The average molecular weight is 321 g/mol. The average Bonchev–Trinajstić information content (AvgIpc) is 2.42. The van der Waals surface area contributed by atoms with E-state index in [1.54, 1.807) is 6.20 Å². The van der Waals surface area contributed by atoms with E-state index in [-0.39, 0.29) is 12.0 Å². The second-order valence-electron chi connectivity index (χ2n) is 7.29. The van der Waals surface area contributed by atoms with Crippen LogP contribution < -0.4 is 10.2 Å². The van der Waals surface area contributed by atoms with Crippen LogP contribution in [0.3, 0.4) is 0 Å². The minimum absolute atomic E-state index is 0.0382. The van der Waals surface area contributed by atoms with Gasteiger partial charge in [-0.05, 0) is 39.3 Å². The molecule has 1 aromatic rings. The zero-order chi connectivity index (χ0) is 17.2. The summed E-state index contributed by atoms with van der Waals surface area (Å²) in [4.78, 5) is 18.3. The van der Waals surface area contributed by atoms with E-state index >= 15 is 0 Å². The van der Waals surface area contributed by atoms with E-state index < -0.39 is 17.8 Å². The number of amides is 1. The van der Waals surface area contributed by atoms with Crippen LogP contribution in [-0.4, -0.2) is 47.0 Å². The standard InChI is InChI=1S/C17H27N3O3/c1-11-8-18-7-6-14(11)20-9-12(2)15(21)13(10-20)19-16(22)23-17(3,4)5/h6-8,12-13,15,21H,9-10H2,1-5H3,(H,19,22)/t12-,13+,15+/m0/s1. The second kappa shape index (κ2) is 6.74. The van der Waals surface area contributed by atoms with Crippen molar-refractivity contribution >= 4 is 11.8 Å². The molecule has 2 rings (SSSR count). The van der Waals surface area contributed by atoms with Gasteiger partial charge in [0.05, 0.1) is 12.1 Å². The number of aliphatic hydroxyl groups excluding tert-OH is 1. The van der Waals surface area contributed by atoms with Crippen LogP contribution in [0.15, 0.2) is 18.5 Å². The van der Waals surface area contributed by atoms with E-state index in [1.807, 2.05) is 46.9 Å². The Morgan fingerprint density at radius 2 is 2.13 bits per heavy atom. The molecule has 0 spiro atoms. The maximum Gasteiger partial charge on any atom is 0.408 e. The fourth-order valence-corrected chi connectivity index (χ4v) is 2.88. The van der Waals surface area contributed by atoms with Gasteiger partial charge in [-0.15, -0.1) is 0 Å². The Bertz CT molecular complexity index is 556. The number of pyridine rings is 1. The zero-order valence-corrected chi connectivity index (χ0v) is 14.5. The van der Waals surface area contributed by atoms with E-state index in [0.29, 0.717) is 6.54 Å². The van der Waals surface area contributed by atoms with Crippen LogP contribution in [0.4, 0.5) is 10.5 Å². The molecule has 0 aromatic carbocycles. The van der Waals surface area contributed by atoms with Gasteiger partial charge in [0.2, 0.25) is 0 Å². The van der Waals surface area contributed by atoms with Gasteiger partial charge in [-0.3, -0.25) is 4.98 Å². The fourth-order valence-electron chi connectivity index (χ4n) is 2.88. The molecule has 1 saturated heterocycles. The molecule has 0 saturated carbocycles. The Balaban J connectivity index is 2.10. The van der Waals surface area contributed by atoms with Crippen molar-refractivity contribution in [3.05, 3.63) is 24.0 Å². The van der Waals surface area contributed by atoms with Crippen LogP contribution in [0.1, 0.15) is 33.3 Å². The minimum Gasteiger partial charge on any atom is -0.444 e. The monoisotopic (exact) mass is 321 g/mol. The lowest BCUT2D eigenvalue weighted by Gasteiger charge is -2.42. The number of aliphatic hydroxyl groups is 1. The van der Waals surface area contributed by atoms with E-state index in [9.17, 15) is 9.90 Å². The van der Waals surface area contributed by atoms with Gasteiger partial charge in [0, 0.05) is 37.1 Å². The molecule has 0 radical (unpaired) electrons. The fraction of sp³-hybridized carbons (Fsp3) is 0.647. The van der Waals surface area contributed by atoms with Crippen molar-refractivity contribution < 1.29 is 14.6 Å². The molecule has 6 heteroatoms. The molecule has 2 heterocycles. The molecule has 0 aliphatic carbocycles. The highest BCUT2D eigenvalue weighted by Crippen LogP contribution is 2.26. The number of nitrogens with one attached hydrogen (secondary N) is 1. The molecular weight excluding hydrogens is 294 g/mol. The summed E-state index contributed by atoms with van der Waals surface area (Å²) < 4.78 is 5.30. The molecule has 1 aliphatic rings. The van der Waals surface area contributed by atoms with Crippen LogP contribution in [0.2, 0.25) is 0 Å². The minimum atomic E-state index is -0.596. The van der Waals surface area contributed by atoms with Gasteiger partial charge in [0.1, 0.15) is 5.60 Å². The summed E-state index contributed by atoms with van der Waals surface area (Å²) in [5, 5.41) is 13.2. The van der Waals surface area contributed by atoms with Crippen molar-refractivity contribution in [3.63, 3.8) is 0 Å². The van der Waals surface area contributed by atoms with E-state index in [4.69, 9.17) is 4.74 Å². The van der Waals surface area contributed by atoms with Gasteiger partial charge in [-0.1, -0.05) is 6.92 Å². The molecule has 3 atom stereocenters. The Morgan fingerprint density at radius 1 is 1.43 bits per heavy atom. The van der Waals surface area contributed by atoms with Gasteiger partial charge < -0.3 is 20.1 Å². The van der Waals surface area contributed by atoms with Crippen molar-refractivity contribution in [3.8, 4) is 0 Å². The molecule has 1 fully saturated rings. The Morgan fingerprint density at radius 3 is 2.74 bits per heavy atom. The van der Waals surface area contributed by atoms with Crippen LogP contribution in [0.25, 0.3) is 0 Å². The van der Waals surface area contributed by atoms with Crippen LogP contribution >= 0.6 is 0 Å². The van der Waals surface area contributed by atoms with Gasteiger partial charge in [-0.25, -0.2) is 4.79 Å². The van der Waals surface area contributed by atoms with Crippen molar-refractivity contribution in [2.24, 2.45) is 5.92 Å². The summed E-state index contributed by atoms with van der Waals surface area (Å²) in [6.45, 7) is 10.7. The molecule has 1 aromatic heterocycles. The number of carbonyl (C=O) groups excluding carboxylic acids is 1. The second-order valence-corrected chi connectivity index (χ2v) is 7.29. The largest absolute Gasteiger partial charge is 0.444 e. The molecule has 2 N–H and O–H groups in total. The lowest BCUT2D eigenvalue weighted by atomic mass is 9.91. The zero-order valence-electron chi connectivity index (χ0n) is 14.5. The lowest BCUT2D eigenvalue weighted by molar-refractivity contribution is 0.0303. The first kappa shape index (κ1) is 17.5. The van der Waals surface area contributed by atoms with E-state index in [1.165, 1.54) is 0 Å². The Kier molecular flexibility index (Phi) is 5.14. The number of nitrogens with zero attached hydrogens (tertiary/aromatic N) is 2. The maximum absolute atomic E-state index is 12.0. The third kappa shape index (κ3) is 4.58. The Hall–Kier alpha value is -1.82. The number of ether oxygens (including phenoxy) is 1. The van der Waals surface area contributed by atoms with Crippen molar-refractivity contribution in [1.82, 2.24) is 10.3 Å². The molecule has 23 heavy (non-hydrogen) atoms. The number of hydrogen-bond donors (Lipinski definition) is 2. The molecule has 6 nitrogen and oxygen atoms in total. The number of piperidine rings is 1. The van der Waals surface area contributed by atoms with Gasteiger partial charge in [0.15, 0.2) is 0 Å². The smallest absolute Gasteiger partial charge is 0.408 e. The Labute approximate surface area is 137 Å². The summed E-state index contributed by atoms with van der Waals surface area (Å²) in [5.41, 5.74) is 1.60. The van der Waals surface area contributed by atoms with E-state index in [0.717, 1.165) is 17.8 Å². The first-order chi connectivity index (χ1) is 10.7. The molecule has 0 unspecified atom stereocenters. The normalized spacial score (nSPS) is 25.1. The van der Waals surface area contributed by atoms with Crippen molar-refractivity contribution in [2.45, 2.75) is 52.4 Å². The third-order valence-corrected chi connectivity index (χ3v) is 3.95. The first-order valence-electron chi connectivity index (χ1n) is 8.00. The molecule has 1 amide bonds. The number of alkyl carbamates (subject to hydrolysis) is 1. The van der Waals surface area contributed by atoms with Crippen LogP contribution in [0.5, 0.6) is 0 Å². The highest BCUT2D eigenvalue weighted by atomic mass is 16.6. The number of rotatable bonds is 2. The topological polar surface area (TPSA) is 74.7 Å². The summed E-state index contributed by atoms with van der Waals surface area (Å²) in [7, 11) is 0. The molecule has 128 valence electrons. The molecular formula is C17H27N3O3. The lowest BCUT2D eigenvalue weighted by Crippen LogP contribution is -2.59. The van der Waals surface area contributed by atoms with Crippen LogP contribution in [-0.2, 0) is 4.74 Å². The number of aryl methyl sites for hydroxylation is 1. The summed E-state index contributed by atoms with van der Waals surface area (Å²) in [6.07, 6.45) is 2.48. The molecule has 0 bridgehead atoms. The summed E-state index contributed by atoms with van der Waals surface area (Å²) in [5.74, 6) is 0.0382. The summed E-state index contributed by atoms with van der Waals surface area (Å²) >= 11 is 0. The van der Waals surface area contributed by atoms with Crippen LogP contribution in [0, 0.1) is 12.8 Å². The number of carbonyl (C=O) groups is 1.